The summed E-state index contributed by atoms with van der Waals surface area (Å²) in [7, 11) is -5.77. The van der Waals surface area contributed by atoms with Crippen LogP contribution in [0.4, 0.5) is 0 Å². The summed E-state index contributed by atoms with van der Waals surface area (Å²) in [6, 6.07) is 41.5. The number of ether oxygens (including phenoxy) is 1. The minimum atomic E-state index is -2.92. The van der Waals surface area contributed by atoms with Crippen molar-refractivity contribution in [1.29, 1.82) is 0 Å². The third-order valence-corrected chi connectivity index (χ3v) is 21.7. The van der Waals surface area contributed by atoms with Crippen LogP contribution < -0.4 is 0 Å². The molecule has 2 aliphatic heterocycles. The Labute approximate surface area is 314 Å². The molecule has 52 heavy (non-hydrogen) atoms. The fourth-order valence-electron chi connectivity index (χ4n) is 8.65. The average Bonchev–Trinajstić information content (AvgIpc) is 3.32. The van der Waals surface area contributed by atoms with Crippen molar-refractivity contribution in [2.45, 2.75) is 114 Å². The van der Waals surface area contributed by atoms with Gasteiger partial charge in [-0.2, -0.15) is 0 Å². The Balaban J connectivity index is 1.47. The van der Waals surface area contributed by atoms with Gasteiger partial charge in [-0.1, -0.05) is 177 Å². The SMILES string of the molecule is CC(C)[Si]1(C(C)C)O[C@H]2[C@@H](O)[C@@H](COC(c3ccccc3)(c3ccccc3)c3ccccc3)N(Cc3ccccc3)C[C@@H]2O[Si](C(C)C)(C(C)C)O1. The molecule has 4 aromatic carbocycles. The lowest BCUT2D eigenvalue weighted by molar-refractivity contribution is -0.149. The molecule has 0 unspecified atom stereocenters. The van der Waals surface area contributed by atoms with Crippen molar-refractivity contribution in [3.05, 3.63) is 144 Å². The first-order valence-corrected chi connectivity index (χ1v) is 23.2. The van der Waals surface area contributed by atoms with E-state index < -0.39 is 34.9 Å². The zero-order chi connectivity index (χ0) is 37.1. The van der Waals surface area contributed by atoms with Gasteiger partial charge < -0.3 is 22.8 Å². The normalized spacial score (nSPS) is 23.6. The molecule has 2 saturated heterocycles. The molecule has 2 heterocycles. The van der Waals surface area contributed by atoms with Gasteiger partial charge >= 0.3 is 17.1 Å². The molecular weight excluding hydrogens is 679 g/mol. The van der Waals surface area contributed by atoms with Gasteiger partial charge in [0.1, 0.15) is 11.7 Å². The third-order valence-electron chi connectivity index (χ3n) is 11.4. The molecule has 2 fully saturated rings. The standard InChI is InChI=1S/C44H59NO5Si2/c1-32(2)51(33(3)4)48-41-30-45(29-36-21-13-9-14-22-36)40(42(46)43(41)49-52(50-51,34(5)6)35(7)8)31-47-44(37-23-15-10-16-24-37,38-25-17-11-18-26-38)39-27-19-12-20-28-39/h9-28,32-35,40-43,46H,29-31H2,1-8H3/t40-,41+,42+,43-/m1/s1. The zero-order valence-corrected chi connectivity index (χ0v) is 34.3. The lowest BCUT2D eigenvalue weighted by Crippen LogP contribution is -2.65. The van der Waals surface area contributed by atoms with Crippen molar-refractivity contribution < 1.29 is 22.8 Å². The van der Waals surface area contributed by atoms with Crippen molar-refractivity contribution in [2.75, 3.05) is 13.2 Å². The summed E-state index contributed by atoms with van der Waals surface area (Å²) >= 11 is 0. The highest BCUT2D eigenvalue weighted by Gasteiger charge is 2.63. The van der Waals surface area contributed by atoms with Crippen LogP contribution in [0.3, 0.4) is 0 Å². The Morgan fingerprint density at radius 3 is 1.46 bits per heavy atom. The molecule has 0 bridgehead atoms. The van der Waals surface area contributed by atoms with Crippen LogP contribution in [-0.4, -0.2) is 64.6 Å². The number of nitrogens with zero attached hydrogens (tertiary/aromatic N) is 1. The summed E-state index contributed by atoms with van der Waals surface area (Å²) in [5.41, 5.74) is 4.11. The number of likely N-dealkylation sites (tertiary alicyclic amines) is 1. The molecule has 0 radical (unpaired) electrons. The highest BCUT2D eigenvalue weighted by atomic mass is 28.5. The van der Waals surface area contributed by atoms with E-state index in [2.05, 4.69) is 157 Å². The molecule has 8 heteroatoms. The lowest BCUT2D eigenvalue weighted by atomic mass is 9.80. The van der Waals surface area contributed by atoms with Gasteiger partial charge in [0.15, 0.2) is 0 Å². The third kappa shape index (κ3) is 7.29. The summed E-state index contributed by atoms with van der Waals surface area (Å²) in [5, 5.41) is 12.8. The summed E-state index contributed by atoms with van der Waals surface area (Å²) < 4.78 is 29.8. The minimum absolute atomic E-state index is 0.172. The molecule has 278 valence electrons. The van der Waals surface area contributed by atoms with Gasteiger partial charge in [-0.15, -0.1) is 0 Å². The second kappa shape index (κ2) is 16.2. The molecule has 6 rings (SSSR count). The first-order valence-electron chi connectivity index (χ1n) is 19.3. The van der Waals surface area contributed by atoms with Crippen molar-refractivity contribution in [2.24, 2.45) is 0 Å². The van der Waals surface area contributed by atoms with Gasteiger partial charge in [0.25, 0.3) is 0 Å². The van der Waals surface area contributed by atoms with Crippen LogP contribution >= 0.6 is 0 Å². The van der Waals surface area contributed by atoms with E-state index in [-0.39, 0.29) is 40.9 Å². The van der Waals surface area contributed by atoms with Crippen molar-refractivity contribution in [3.8, 4) is 0 Å². The number of hydrogen-bond donors (Lipinski definition) is 1. The molecule has 0 amide bonds. The van der Waals surface area contributed by atoms with Crippen LogP contribution in [0.25, 0.3) is 0 Å². The maximum atomic E-state index is 12.8. The molecule has 0 aliphatic carbocycles. The van der Waals surface area contributed by atoms with Gasteiger partial charge in [0, 0.05) is 13.1 Å². The number of piperidine rings is 1. The Morgan fingerprint density at radius 2 is 1.04 bits per heavy atom. The summed E-state index contributed by atoms with van der Waals surface area (Å²) in [5.74, 6) is 0. The van der Waals surface area contributed by atoms with Crippen LogP contribution in [0, 0.1) is 0 Å². The van der Waals surface area contributed by atoms with Crippen LogP contribution in [0.2, 0.25) is 22.2 Å². The van der Waals surface area contributed by atoms with Crippen LogP contribution in [0.1, 0.15) is 77.6 Å². The van der Waals surface area contributed by atoms with Crippen LogP contribution in [0.5, 0.6) is 0 Å². The molecule has 1 N–H and O–H groups in total. The van der Waals surface area contributed by atoms with Gasteiger partial charge in [0.2, 0.25) is 0 Å². The summed E-state index contributed by atoms with van der Waals surface area (Å²) in [4.78, 5) is 2.37. The monoisotopic (exact) mass is 737 g/mol. The predicted molar refractivity (Wildman–Crippen MR) is 215 cm³/mol. The first kappa shape index (κ1) is 38.8. The van der Waals surface area contributed by atoms with Crippen molar-refractivity contribution >= 4 is 17.1 Å². The molecular formula is C44H59NO5Si2. The Bertz CT molecular complexity index is 1580. The Morgan fingerprint density at radius 1 is 0.635 bits per heavy atom. The average molecular weight is 738 g/mol. The highest BCUT2D eigenvalue weighted by Crippen LogP contribution is 2.49. The fourth-order valence-corrected chi connectivity index (χ4v) is 20.0. The predicted octanol–water partition coefficient (Wildman–Crippen LogP) is 9.57. The molecule has 2 aliphatic rings. The van der Waals surface area contributed by atoms with E-state index in [1.165, 1.54) is 5.56 Å². The Hall–Kier alpha value is -2.93. The van der Waals surface area contributed by atoms with E-state index >= 15 is 0 Å². The van der Waals surface area contributed by atoms with Gasteiger partial charge in [-0.3, -0.25) is 4.90 Å². The van der Waals surface area contributed by atoms with E-state index in [1.807, 2.05) is 24.3 Å². The smallest absolute Gasteiger partial charge is 0.335 e. The zero-order valence-electron chi connectivity index (χ0n) is 32.3. The number of hydrogen-bond acceptors (Lipinski definition) is 6. The number of fused-ring (bicyclic) bond motifs is 1. The molecule has 0 aromatic heterocycles. The van der Waals surface area contributed by atoms with E-state index in [0.717, 1.165) is 16.7 Å². The van der Waals surface area contributed by atoms with Gasteiger partial charge in [0.05, 0.1) is 24.9 Å². The van der Waals surface area contributed by atoms with E-state index in [9.17, 15) is 5.11 Å². The summed E-state index contributed by atoms with van der Waals surface area (Å²) in [6.07, 6.45) is -1.79. The van der Waals surface area contributed by atoms with Crippen LogP contribution in [-0.2, 0) is 29.8 Å². The highest BCUT2D eigenvalue weighted by molar-refractivity contribution is 6.84. The largest absolute Gasteiger partial charge is 0.414 e. The number of rotatable bonds is 12. The molecule has 4 atom stereocenters. The summed E-state index contributed by atoms with van der Waals surface area (Å²) in [6.45, 7) is 19.4. The first-order chi connectivity index (χ1) is 24.9. The van der Waals surface area contributed by atoms with E-state index in [0.29, 0.717) is 13.1 Å². The number of aliphatic hydroxyl groups excluding tert-OH is 1. The topological polar surface area (TPSA) is 60.4 Å². The van der Waals surface area contributed by atoms with Crippen LogP contribution in [0.15, 0.2) is 121 Å². The molecule has 6 nitrogen and oxygen atoms in total. The minimum Gasteiger partial charge on any atom is -0.414 e. The van der Waals surface area contributed by atoms with E-state index in [1.54, 1.807) is 0 Å². The second-order valence-electron chi connectivity index (χ2n) is 16.0. The number of benzene rings is 4. The van der Waals surface area contributed by atoms with E-state index in [4.69, 9.17) is 17.7 Å². The fraction of sp³-hybridized carbons (Fsp3) is 0.455. The number of aliphatic hydroxyl groups is 1. The maximum absolute atomic E-state index is 12.8. The van der Waals surface area contributed by atoms with Gasteiger partial charge in [-0.25, -0.2) is 0 Å². The maximum Gasteiger partial charge on any atom is 0.335 e. The van der Waals surface area contributed by atoms with Crippen molar-refractivity contribution in [1.82, 2.24) is 4.90 Å². The second-order valence-corrected chi connectivity index (χ2v) is 24.8. The molecule has 4 aromatic rings. The molecule has 0 saturated carbocycles. The van der Waals surface area contributed by atoms with Crippen molar-refractivity contribution in [3.63, 3.8) is 0 Å². The Kier molecular flexibility index (Phi) is 12.1. The van der Waals surface area contributed by atoms with Gasteiger partial charge in [-0.05, 0) is 44.4 Å². The lowest BCUT2D eigenvalue weighted by Gasteiger charge is -2.49. The molecule has 0 spiro atoms. The quantitative estimate of drug-likeness (QED) is 0.116.